The topological polar surface area (TPSA) is 52.0 Å². The maximum atomic E-state index is 12.4. The summed E-state index contributed by atoms with van der Waals surface area (Å²) in [6.07, 6.45) is 4.46. The molecule has 2 rings (SSSR count). The van der Waals surface area contributed by atoms with Gasteiger partial charge in [0.1, 0.15) is 6.54 Å². The number of benzene rings is 1. The van der Waals surface area contributed by atoms with E-state index in [1.54, 1.807) is 12.1 Å². The number of ether oxygens (including phenoxy) is 2. The monoisotopic (exact) mass is 357 g/mol. The first-order valence-corrected chi connectivity index (χ1v) is 8.65. The van der Waals surface area contributed by atoms with Gasteiger partial charge in [-0.1, -0.05) is 12.8 Å². The molecule has 1 saturated carbocycles. The van der Waals surface area contributed by atoms with E-state index >= 15 is 0 Å². The molecule has 0 aliphatic heterocycles. The number of amides is 1. The van der Waals surface area contributed by atoms with Crippen molar-refractivity contribution in [3.8, 4) is 11.5 Å². The zero-order valence-electron chi connectivity index (χ0n) is 15.0. The average molecular weight is 357 g/mol. The first-order chi connectivity index (χ1) is 11.9. The molecule has 7 heteroatoms. The Morgan fingerprint density at radius 1 is 1.32 bits per heavy atom. The summed E-state index contributed by atoms with van der Waals surface area (Å²) in [5, 5.41) is 3.11. The lowest BCUT2D eigenvalue weighted by molar-refractivity contribution is -0.908. The minimum atomic E-state index is -2.90. The third-order valence-corrected chi connectivity index (χ3v) is 4.76. The van der Waals surface area contributed by atoms with Crippen LogP contribution in [0.1, 0.15) is 38.2 Å². The van der Waals surface area contributed by atoms with Crippen molar-refractivity contribution < 1.29 is 27.9 Å². The number of carbonyl (C=O) groups excluding carboxylic acids is 1. The SMILES string of the molecule is COc1cc(C[NH+](C)[C@H](C)C(=O)NC2CCCC2)ccc1OC(F)F. The Morgan fingerprint density at radius 3 is 2.60 bits per heavy atom. The van der Waals surface area contributed by atoms with E-state index in [-0.39, 0.29) is 23.4 Å². The van der Waals surface area contributed by atoms with Crippen LogP contribution in [0.15, 0.2) is 18.2 Å². The fourth-order valence-electron chi connectivity index (χ4n) is 3.11. The van der Waals surface area contributed by atoms with Crippen molar-refractivity contribution in [1.29, 1.82) is 0 Å². The predicted octanol–water partition coefficient (Wildman–Crippen LogP) is 1.76. The van der Waals surface area contributed by atoms with Crippen LogP contribution in [0, 0.1) is 0 Å². The first-order valence-electron chi connectivity index (χ1n) is 8.65. The van der Waals surface area contributed by atoms with Gasteiger partial charge in [-0.05, 0) is 38.0 Å². The number of rotatable bonds is 8. The average Bonchev–Trinajstić information content (AvgIpc) is 3.07. The molecule has 0 radical (unpaired) electrons. The van der Waals surface area contributed by atoms with E-state index in [9.17, 15) is 13.6 Å². The molecule has 0 aromatic heterocycles. The van der Waals surface area contributed by atoms with Crippen LogP contribution in [0.4, 0.5) is 8.78 Å². The van der Waals surface area contributed by atoms with Gasteiger partial charge in [-0.15, -0.1) is 0 Å². The van der Waals surface area contributed by atoms with Gasteiger partial charge >= 0.3 is 6.61 Å². The van der Waals surface area contributed by atoms with Gasteiger partial charge in [0.05, 0.1) is 14.2 Å². The molecule has 0 spiro atoms. The molecule has 25 heavy (non-hydrogen) atoms. The number of quaternary nitrogens is 1. The highest BCUT2D eigenvalue weighted by Gasteiger charge is 2.26. The van der Waals surface area contributed by atoms with Crippen LogP contribution in [0.5, 0.6) is 11.5 Å². The molecule has 2 atom stereocenters. The van der Waals surface area contributed by atoms with Crippen molar-refractivity contribution in [3.05, 3.63) is 23.8 Å². The normalized spacial score (nSPS) is 17.4. The zero-order valence-corrected chi connectivity index (χ0v) is 15.0. The van der Waals surface area contributed by atoms with Crippen LogP contribution in [0.2, 0.25) is 0 Å². The molecule has 140 valence electrons. The quantitative estimate of drug-likeness (QED) is 0.745. The summed E-state index contributed by atoms with van der Waals surface area (Å²) in [5.74, 6) is 0.314. The lowest BCUT2D eigenvalue weighted by atomic mass is 10.1. The maximum absolute atomic E-state index is 12.4. The van der Waals surface area contributed by atoms with Gasteiger partial charge in [0.15, 0.2) is 17.5 Å². The summed E-state index contributed by atoms with van der Waals surface area (Å²) in [6.45, 7) is -0.428. The standard InChI is InChI=1S/C18H26F2N2O3/c1-12(17(23)21-14-6-4-5-7-14)22(2)11-13-8-9-15(25-18(19)20)16(10-13)24-3/h8-10,12,14,18H,4-7,11H2,1-3H3,(H,21,23)/p+1/t12-/m1/s1. The number of likely N-dealkylation sites (N-methyl/N-ethyl adjacent to an activating group) is 1. The molecule has 1 aromatic carbocycles. The minimum absolute atomic E-state index is 0.00549. The van der Waals surface area contributed by atoms with Gasteiger partial charge in [0, 0.05) is 11.6 Å². The van der Waals surface area contributed by atoms with Gasteiger partial charge in [-0.25, -0.2) is 0 Å². The predicted molar refractivity (Wildman–Crippen MR) is 90.1 cm³/mol. The Bertz CT molecular complexity index is 577. The molecule has 2 N–H and O–H groups in total. The Hall–Kier alpha value is -1.89. The Labute approximate surface area is 147 Å². The highest BCUT2D eigenvalue weighted by atomic mass is 19.3. The van der Waals surface area contributed by atoms with Crippen molar-refractivity contribution in [1.82, 2.24) is 5.32 Å². The van der Waals surface area contributed by atoms with E-state index in [0.29, 0.717) is 12.6 Å². The molecule has 1 aliphatic carbocycles. The highest BCUT2D eigenvalue weighted by molar-refractivity contribution is 5.80. The molecule has 0 saturated heterocycles. The van der Waals surface area contributed by atoms with Gasteiger partial charge in [-0.2, -0.15) is 8.78 Å². The van der Waals surface area contributed by atoms with Crippen molar-refractivity contribution in [2.75, 3.05) is 14.2 Å². The summed E-state index contributed by atoms with van der Waals surface area (Å²) in [7, 11) is 3.35. The minimum Gasteiger partial charge on any atom is -0.493 e. The van der Waals surface area contributed by atoms with Crippen LogP contribution < -0.4 is 19.7 Å². The van der Waals surface area contributed by atoms with Crippen molar-refractivity contribution in [3.63, 3.8) is 0 Å². The summed E-state index contributed by atoms with van der Waals surface area (Å²) in [4.78, 5) is 13.4. The number of nitrogens with one attached hydrogen (secondary N) is 2. The smallest absolute Gasteiger partial charge is 0.387 e. The molecular weight excluding hydrogens is 330 g/mol. The molecule has 1 unspecified atom stereocenters. The number of halogens is 2. The molecule has 1 aromatic rings. The van der Waals surface area contributed by atoms with E-state index in [1.807, 2.05) is 14.0 Å². The van der Waals surface area contributed by atoms with Crippen LogP contribution >= 0.6 is 0 Å². The zero-order chi connectivity index (χ0) is 18.4. The van der Waals surface area contributed by atoms with E-state index in [0.717, 1.165) is 23.3 Å². The van der Waals surface area contributed by atoms with E-state index in [1.165, 1.54) is 26.0 Å². The number of alkyl halides is 2. The molecule has 0 heterocycles. The number of hydrogen-bond donors (Lipinski definition) is 2. The second-order valence-corrected chi connectivity index (χ2v) is 6.60. The highest BCUT2D eigenvalue weighted by Crippen LogP contribution is 2.29. The summed E-state index contributed by atoms with van der Waals surface area (Å²) < 4.78 is 34.3. The number of hydrogen-bond acceptors (Lipinski definition) is 3. The lowest BCUT2D eigenvalue weighted by Gasteiger charge is -2.23. The molecular formula is C18H27F2N2O3+. The second-order valence-electron chi connectivity index (χ2n) is 6.60. The van der Waals surface area contributed by atoms with Gasteiger partial charge in [0.2, 0.25) is 0 Å². The fourth-order valence-corrected chi connectivity index (χ4v) is 3.11. The van der Waals surface area contributed by atoms with Crippen LogP contribution in [0.25, 0.3) is 0 Å². The molecule has 1 aliphatic rings. The van der Waals surface area contributed by atoms with Crippen LogP contribution in [-0.2, 0) is 11.3 Å². The summed E-state index contributed by atoms with van der Waals surface area (Å²) in [6, 6.07) is 4.95. The Morgan fingerprint density at radius 2 is 2.00 bits per heavy atom. The van der Waals surface area contributed by atoms with E-state index < -0.39 is 6.61 Å². The second kappa shape index (κ2) is 8.99. The maximum Gasteiger partial charge on any atom is 0.387 e. The third kappa shape index (κ3) is 5.56. The van der Waals surface area contributed by atoms with Crippen molar-refractivity contribution in [2.45, 2.75) is 57.8 Å². The third-order valence-electron chi connectivity index (χ3n) is 4.76. The van der Waals surface area contributed by atoms with Crippen molar-refractivity contribution >= 4 is 5.91 Å². The molecule has 0 bridgehead atoms. The van der Waals surface area contributed by atoms with E-state index in [4.69, 9.17) is 4.74 Å². The molecule has 1 amide bonds. The molecule has 1 fully saturated rings. The number of carbonyl (C=O) groups is 1. The Balaban J connectivity index is 1.96. The summed E-state index contributed by atoms with van der Waals surface area (Å²) >= 11 is 0. The first kappa shape index (κ1) is 19.4. The van der Waals surface area contributed by atoms with Crippen LogP contribution in [0.3, 0.4) is 0 Å². The van der Waals surface area contributed by atoms with E-state index in [2.05, 4.69) is 10.1 Å². The number of methoxy groups -OCH3 is 1. The Kier molecular flexibility index (Phi) is 6.99. The summed E-state index contributed by atoms with van der Waals surface area (Å²) in [5.41, 5.74) is 0.886. The fraction of sp³-hybridized carbons (Fsp3) is 0.611. The molecule has 5 nitrogen and oxygen atoms in total. The van der Waals surface area contributed by atoms with Crippen LogP contribution in [-0.4, -0.2) is 38.8 Å². The van der Waals surface area contributed by atoms with Gasteiger partial charge in [0.25, 0.3) is 5.91 Å². The largest absolute Gasteiger partial charge is 0.493 e. The van der Waals surface area contributed by atoms with Crippen molar-refractivity contribution in [2.24, 2.45) is 0 Å². The van der Waals surface area contributed by atoms with Gasteiger partial charge in [-0.3, -0.25) is 4.79 Å². The lowest BCUT2D eigenvalue weighted by Crippen LogP contribution is -3.12. The van der Waals surface area contributed by atoms with Gasteiger partial charge < -0.3 is 19.7 Å².